The van der Waals surface area contributed by atoms with Gasteiger partial charge < -0.3 is 16.4 Å². The Morgan fingerprint density at radius 1 is 1.12 bits per heavy atom. The topological polar surface area (TPSA) is 67.2 Å². The first-order valence-electron chi connectivity index (χ1n) is 10.8. The van der Waals surface area contributed by atoms with Crippen LogP contribution in [0.2, 0.25) is 10.0 Å². The number of amides is 1. The normalized spacial score (nSPS) is 16.1. The zero-order chi connectivity index (χ0) is 22.7. The van der Waals surface area contributed by atoms with Gasteiger partial charge in [0.1, 0.15) is 0 Å². The third kappa shape index (κ3) is 5.26. The lowest BCUT2D eigenvalue weighted by Gasteiger charge is -2.29. The highest BCUT2D eigenvalue weighted by Gasteiger charge is 2.25. The first-order valence-corrected chi connectivity index (χ1v) is 11.6. The molecule has 4 nitrogen and oxygen atoms in total. The van der Waals surface area contributed by atoms with E-state index in [1.165, 1.54) is 11.1 Å². The summed E-state index contributed by atoms with van der Waals surface area (Å²) in [5.74, 6) is -0.179. The molecule has 2 unspecified atom stereocenters. The van der Waals surface area contributed by atoms with Crippen molar-refractivity contribution in [3.8, 4) is 0 Å². The van der Waals surface area contributed by atoms with Crippen molar-refractivity contribution in [3.63, 3.8) is 0 Å². The van der Waals surface area contributed by atoms with Gasteiger partial charge in [-0.25, -0.2) is 0 Å². The van der Waals surface area contributed by atoms with Gasteiger partial charge in [-0.15, -0.1) is 0 Å². The summed E-state index contributed by atoms with van der Waals surface area (Å²) in [4.78, 5) is 13.0. The highest BCUT2D eigenvalue weighted by Crippen LogP contribution is 2.32. The van der Waals surface area contributed by atoms with Crippen LogP contribution in [0.3, 0.4) is 0 Å². The van der Waals surface area contributed by atoms with Crippen molar-refractivity contribution in [1.82, 2.24) is 5.32 Å². The van der Waals surface area contributed by atoms with Gasteiger partial charge in [0, 0.05) is 22.3 Å². The Balaban J connectivity index is 1.48. The highest BCUT2D eigenvalue weighted by atomic mass is 35.5. The minimum atomic E-state index is -0.696. The number of aryl methyl sites for hydroxylation is 1. The van der Waals surface area contributed by atoms with E-state index in [-0.39, 0.29) is 11.9 Å². The van der Waals surface area contributed by atoms with Crippen LogP contribution in [0, 0.1) is 6.92 Å². The van der Waals surface area contributed by atoms with Crippen molar-refractivity contribution in [2.24, 2.45) is 5.73 Å². The summed E-state index contributed by atoms with van der Waals surface area (Å²) in [5, 5.41) is 7.71. The van der Waals surface area contributed by atoms with Crippen molar-refractivity contribution < 1.29 is 4.79 Å². The minimum absolute atomic E-state index is 0.0812. The summed E-state index contributed by atoms with van der Waals surface area (Å²) in [6, 6.07) is 19.5. The Morgan fingerprint density at radius 2 is 1.91 bits per heavy atom. The number of anilines is 1. The molecule has 0 saturated carbocycles. The van der Waals surface area contributed by atoms with Crippen molar-refractivity contribution in [1.29, 1.82) is 0 Å². The minimum Gasteiger partial charge on any atom is -0.385 e. The van der Waals surface area contributed by atoms with Gasteiger partial charge >= 0.3 is 0 Å². The average molecular weight is 468 g/mol. The lowest BCUT2D eigenvalue weighted by atomic mass is 9.93. The van der Waals surface area contributed by atoms with Gasteiger partial charge in [-0.2, -0.15) is 0 Å². The van der Waals surface area contributed by atoms with E-state index >= 15 is 0 Å². The fourth-order valence-corrected chi connectivity index (χ4v) is 4.91. The van der Waals surface area contributed by atoms with Crippen LogP contribution in [-0.4, -0.2) is 18.5 Å². The molecule has 6 heteroatoms. The van der Waals surface area contributed by atoms with E-state index in [4.69, 9.17) is 28.9 Å². The third-order valence-electron chi connectivity index (χ3n) is 5.95. The first kappa shape index (κ1) is 22.7. The Bertz CT molecular complexity index is 1090. The number of nitrogens with one attached hydrogen (secondary N) is 2. The molecule has 3 aromatic rings. The molecule has 0 radical (unpaired) electrons. The Labute approximate surface area is 199 Å². The summed E-state index contributed by atoms with van der Waals surface area (Å²) in [6.07, 6.45) is 2.02. The second kappa shape index (κ2) is 9.95. The van der Waals surface area contributed by atoms with Crippen LogP contribution in [-0.2, 0) is 17.6 Å². The summed E-state index contributed by atoms with van der Waals surface area (Å²) in [5.41, 5.74) is 12.7. The van der Waals surface area contributed by atoms with E-state index in [0.29, 0.717) is 16.5 Å². The summed E-state index contributed by atoms with van der Waals surface area (Å²) < 4.78 is 0. The summed E-state index contributed by atoms with van der Waals surface area (Å²) in [7, 11) is 0. The van der Waals surface area contributed by atoms with Crippen molar-refractivity contribution in [2.75, 3.05) is 11.9 Å². The van der Waals surface area contributed by atoms with Gasteiger partial charge in [-0.05, 0) is 72.2 Å². The predicted molar refractivity (Wildman–Crippen MR) is 133 cm³/mol. The van der Waals surface area contributed by atoms with E-state index in [2.05, 4.69) is 41.0 Å². The molecule has 0 spiro atoms. The standard InChI is InChI=1S/C26H27Cl2N3O/c1-16-11-19(27)14-22(28)20(16)15-23(29)26(32)31-25-9-10-30-24-8-7-18(13-21(24)25)12-17-5-3-2-4-6-17/h2-8,11,13-14,23,25,30H,9-10,12,15,29H2,1H3,(H,31,32). The van der Waals surface area contributed by atoms with Gasteiger partial charge in [-0.1, -0.05) is 65.7 Å². The number of rotatable bonds is 6. The second-order valence-corrected chi connectivity index (χ2v) is 9.20. The number of carbonyl (C=O) groups excluding carboxylic acids is 1. The van der Waals surface area contributed by atoms with Crippen molar-refractivity contribution >= 4 is 34.8 Å². The van der Waals surface area contributed by atoms with Gasteiger partial charge in [0.15, 0.2) is 0 Å². The van der Waals surface area contributed by atoms with Gasteiger partial charge in [0.25, 0.3) is 0 Å². The average Bonchev–Trinajstić information content (AvgIpc) is 2.77. The zero-order valence-electron chi connectivity index (χ0n) is 18.0. The van der Waals surface area contributed by atoms with Crippen molar-refractivity contribution in [3.05, 3.63) is 98.5 Å². The van der Waals surface area contributed by atoms with Gasteiger partial charge in [0.05, 0.1) is 12.1 Å². The van der Waals surface area contributed by atoms with Crippen LogP contribution >= 0.6 is 23.2 Å². The molecule has 2 atom stereocenters. The maximum absolute atomic E-state index is 13.0. The number of hydrogen-bond acceptors (Lipinski definition) is 3. The molecule has 1 aliphatic heterocycles. The van der Waals surface area contributed by atoms with E-state index in [9.17, 15) is 4.79 Å². The Kier molecular flexibility index (Phi) is 7.04. The zero-order valence-corrected chi connectivity index (χ0v) is 19.5. The third-order valence-corrected chi connectivity index (χ3v) is 6.51. The number of carbonyl (C=O) groups is 1. The van der Waals surface area contributed by atoms with Gasteiger partial charge in [-0.3, -0.25) is 4.79 Å². The Hall–Kier alpha value is -2.53. The van der Waals surface area contributed by atoms with Crippen LogP contribution < -0.4 is 16.4 Å². The van der Waals surface area contributed by atoms with Gasteiger partial charge in [0.2, 0.25) is 5.91 Å². The first-order chi connectivity index (χ1) is 15.4. The van der Waals surface area contributed by atoms with E-state index in [0.717, 1.165) is 41.8 Å². The second-order valence-electron chi connectivity index (χ2n) is 8.35. The molecular formula is C26H27Cl2N3O. The van der Waals surface area contributed by atoms with E-state index in [1.807, 2.05) is 31.2 Å². The van der Waals surface area contributed by atoms with Crippen LogP contribution in [0.4, 0.5) is 5.69 Å². The highest BCUT2D eigenvalue weighted by molar-refractivity contribution is 6.35. The monoisotopic (exact) mass is 467 g/mol. The van der Waals surface area contributed by atoms with Crippen LogP contribution in [0.1, 0.15) is 40.3 Å². The van der Waals surface area contributed by atoms with Crippen molar-refractivity contribution in [2.45, 2.75) is 38.3 Å². The lowest BCUT2D eigenvalue weighted by Crippen LogP contribution is -2.44. The number of hydrogen-bond donors (Lipinski definition) is 3. The maximum atomic E-state index is 13.0. The fourth-order valence-electron chi connectivity index (χ4n) is 4.24. The molecule has 4 N–H and O–H groups in total. The van der Waals surface area contributed by atoms with E-state index < -0.39 is 6.04 Å². The fraction of sp³-hybridized carbons (Fsp3) is 0.269. The smallest absolute Gasteiger partial charge is 0.237 e. The SMILES string of the molecule is Cc1cc(Cl)cc(Cl)c1CC(N)C(=O)NC1CCNc2ccc(Cc3ccccc3)cc21. The molecule has 1 heterocycles. The summed E-state index contributed by atoms with van der Waals surface area (Å²) >= 11 is 12.4. The molecule has 166 valence electrons. The Morgan fingerprint density at radius 3 is 2.66 bits per heavy atom. The lowest BCUT2D eigenvalue weighted by molar-refractivity contribution is -0.123. The van der Waals surface area contributed by atoms with Crippen LogP contribution in [0.15, 0.2) is 60.7 Å². The molecule has 1 amide bonds. The quantitative estimate of drug-likeness (QED) is 0.452. The predicted octanol–water partition coefficient (Wildman–Crippen LogP) is 5.44. The number of fused-ring (bicyclic) bond motifs is 1. The summed E-state index contributed by atoms with van der Waals surface area (Å²) in [6.45, 7) is 2.72. The number of nitrogens with two attached hydrogens (primary N) is 1. The molecule has 0 aliphatic carbocycles. The molecule has 0 saturated heterocycles. The molecular weight excluding hydrogens is 441 g/mol. The van der Waals surface area contributed by atoms with Crippen LogP contribution in [0.5, 0.6) is 0 Å². The molecule has 4 rings (SSSR count). The molecule has 0 bridgehead atoms. The van der Waals surface area contributed by atoms with E-state index in [1.54, 1.807) is 6.07 Å². The molecule has 3 aromatic carbocycles. The largest absolute Gasteiger partial charge is 0.385 e. The number of halogens is 2. The van der Waals surface area contributed by atoms with Crippen LogP contribution in [0.25, 0.3) is 0 Å². The molecule has 1 aliphatic rings. The molecule has 0 fully saturated rings. The molecule has 0 aromatic heterocycles. The molecule has 32 heavy (non-hydrogen) atoms. The number of benzene rings is 3. The maximum Gasteiger partial charge on any atom is 0.237 e.